The Hall–Kier alpha value is -2.66. The van der Waals surface area contributed by atoms with Gasteiger partial charge in [0, 0.05) is 16.1 Å². The lowest BCUT2D eigenvalue weighted by molar-refractivity contribution is -0.129. The van der Waals surface area contributed by atoms with Gasteiger partial charge in [0.15, 0.2) is 5.70 Å². The first kappa shape index (κ1) is 15.2. The predicted octanol–water partition coefficient (Wildman–Crippen LogP) is 4.16. The zero-order valence-corrected chi connectivity index (χ0v) is 13.5. The van der Waals surface area contributed by atoms with Crippen molar-refractivity contribution in [2.24, 2.45) is 4.99 Å². The normalized spacial score (nSPS) is 16.0. The summed E-state index contributed by atoms with van der Waals surface area (Å²) in [6.45, 7) is 0. The quantitative estimate of drug-likeness (QED) is 0.652. The number of cyclic esters (lactones) is 1. The lowest BCUT2D eigenvalue weighted by Crippen LogP contribution is -2.01. The van der Waals surface area contributed by atoms with E-state index in [1.165, 1.54) is 12.1 Å². The number of halogens is 1. The summed E-state index contributed by atoms with van der Waals surface area (Å²) in [5.41, 5.74) is 1.61. The highest BCUT2D eigenvalue weighted by Gasteiger charge is 2.21. The van der Waals surface area contributed by atoms with E-state index in [0.717, 1.165) is 10.0 Å². The number of hydrogen-bond donors (Lipinski definition) is 1. The number of benzene rings is 2. The third kappa shape index (κ3) is 3.76. The van der Waals surface area contributed by atoms with E-state index >= 15 is 0 Å². The van der Waals surface area contributed by atoms with Gasteiger partial charge in [-0.3, -0.25) is 0 Å². The molecule has 3 rings (SSSR count). The van der Waals surface area contributed by atoms with E-state index < -0.39 is 5.97 Å². The van der Waals surface area contributed by atoms with Gasteiger partial charge in [-0.25, -0.2) is 9.79 Å². The van der Waals surface area contributed by atoms with Gasteiger partial charge in [-0.1, -0.05) is 46.3 Å². The van der Waals surface area contributed by atoms with Crippen LogP contribution in [0.25, 0.3) is 12.2 Å². The summed E-state index contributed by atoms with van der Waals surface area (Å²) in [7, 11) is 0. The summed E-state index contributed by atoms with van der Waals surface area (Å²) < 4.78 is 5.89. The molecule has 2 aromatic rings. The highest BCUT2D eigenvalue weighted by molar-refractivity contribution is 9.10. The lowest BCUT2D eigenvalue weighted by Gasteiger charge is -1.99. The number of esters is 1. The number of carbonyl (C=O) groups excluding carboxylic acids is 1. The van der Waals surface area contributed by atoms with E-state index in [1.54, 1.807) is 18.2 Å². The van der Waals surface area contributed by atoms with Crippen LogP contribution in [0.4, 0.5) is 0 Å². The molecule has 4 nitrogen and oxygen atoms in total. The number of hydrogen-bond acceptors (Lipinski definition) is 4. The molecule has 0 aromatic heterocycles. The Bertz CT molecular complexity index is 839. The van der Waals surface area contributed by atoms with Crippen LogP contribution in [0, 0.1) is 0 Å². The summed E-state index contributed by atoms with van der Waals surface area (Å²) in [5.74, 6) is -0.256. The number of phenols is 1. The number of ether oxygens (including phenoxy) is 1. The standard InChI is InChI=1S/C18H12BrNO3/c19-14-7-8-16(21)13(10-14)11-15-18(22)23-17(20-15)9-6-12-4-2-1-3-5-12/h1-11,21H/b9-6+,15-11+. The summed E-state index contributed by atoms with van der Waals surface area (Å²) >= 11 is 3.32. The molecule has 0 spiro atoms. The maximum Gasteiger partial charge on any atom is 0.363 e. The van der Waals surface area contributed by atoms with Crippen LogP contribution in [0.1, 0.15) is 11.1 Å². The molecule has 0 amide bonds. The van der Waals surface area contributed by atoms with Crippen molar-refractivity contribution in [3.05, 3.63) is 75.9 Å². The zero-order chi connectivity index (χ0) is 16.2. The van der Waals surface area contributed by atoms with Crippen molar-refractivity contribution in [1.29, 1.82) is 0 Å². The Morgan fingerprint density at radius 2 is 1.87 bits per heavy atom. The Balaban J connectivity index is 1.85. The predicted molar refractivity (Wildman–Crippen MR) is 92.8 cm³/mol. The van der Waals surface area contributed by atoms with Crippen LogP contribution in [-0.4, -0.2) is 17.0 Å². The molecule has 0 fully saturated rings. The molecule has 0 unspecified atom stereocenters. The largest absolute Gasteiger partial charge is 0.507 e. The van der Waals surface area contributed by atoms with E-state index in [-0.39, 0.29) is 17.3 Å². The second-order valence-corrected chi connectivity index (χ2v) is 5.73. The highest BCUT2D eigenvalue weighted by Crippen LogP contribution is 2.26. The van der Waals surface area contributed by atoms with Crippen molar-refractivity contribution in [1.82, 2.24) is 0 Å². The first-order chi connectivity index (χ1) is 11.1. The van der Waals surface area contributed by atoms with Crippen LogP contribution in [0.3, 0.4) is 0 Å². The van der Waals surface area contributed by atoms with Crippen molar-refractivity contribution in [3.8, 4) is 5.75 Å². The Morgan fingerprint density at radius 3 is 2.65 bits per heavy atom. The van der Waals surface area contributed by atoms with Gasteiger partial charge in [0.25, 0.3) is 0 Å². The monoisotopic (exact) mass is 369 g/mol. The van der Waals surface area contributed by atoms with E-state index in [1.807, 2.05) is 36.4 Å². The molecule has 0 aliphatic carbocycles. The molecule has 0 atom stereocenters. The molecule has 0 radical (unpaired) electrons. The fourth-order valence-electron chi connectivity index (χ4n) is 2.02. The Labute approximate surface area is 141 Å². The number of aromatic hydroxyl groups is 1. The van der Waals surface area contributed by atoms with Gasteiger partial charge in [-0.2, -0.15) is 0 Å². The van der Waals surface area contributed by atoms with Gasteiger partial charge in [0.1, 0.15) is 5.75 Å². The molecule has 2 aromatic carbocycles. The minimum Gasteiger partial charge on any atom is -0.507 e. The van der Waals surface area contributed by atoms with Gasteiger partial charge < -0.3 is 9.84 Å². The number of rotatable bonds is 3. The molecule has 1 heterocycles. The van der Waals surface area contributed by atoms with Crippen molar-refractivity contribution in [3.63, 3.8) is 0 Å². The second kappa shape index (κ2) is 6.62. The average Bonchev–Trinajstić information content (AvgIpc) is 2.90. The van der Waals surface area contributed by atoms with Crippen molar-refractivity contribution >= 4 is 39.9 Å². The summed E-state index contributed by atoms with van der Waals surface area (Å²) in [6.07, 6.45) is 4.94. The number of aliphatic imine (C=N–C) groups is 1. The molecular weight excluding hydrogens is 358 g/mol. The smallest absolute Gasteiger partial charge is 0.363 e. The van der Waals surface area contributed by atoms with E-state index in [0.29, 0.717) is 5.56 Å². The van der Waals surface area contributed by atoms with Gasteiger partial charge in [-0.15, -0.1) is 0 Å². The molecule has 0 saturated heterocycles. The minimum absolute atomic E-state index is 0.0666. The maximum atomic E-state index is 11.9. The second-order valence-electron chi connectivity index (χ2n) is 4.82. The van der Waals surface area contributed by atoms with Gasteiger partial charge in [0.05, 0.1) is 0 Å². The number of phenolic OH excluding ortho intramolecular Hbond substituents is 1. The Morgan fingerprint density at radius 1 is 1.09 bits per heavy atom. The van der Waals surface area contributed by atoms with Gasteiger partial charge >= 0.3 is 5.97 Å². The molecule has 23 heavy (non-hydrogen) atoms. The van der Waals surface area contributed by atoms with Crippen LogP contribution in [0.2, 0.25) is 0 Å². The van der Waals surface area contributed by atoms with Crippen molar-refractivity contribution < 1.29 is 14.6 Å². The first-order valence-corrected chi connectivity index (χ1v) is 7.65. The molecule has 1 aliphatic heterocycles. The number of carbonyl (C=O) groups is 1. The molecular formula is C18H12BrNO3. The maximum absolute atomic E-state index is 11.9. The fourth-order valence-corrected chi connectivity index (χ4v) is 2.40. The summed E-state index contributed by atoms with van der Waals surface area (Å²) in [6, 6.07) is 14.6. The first-order valence-electron chi connectivity index (χ1n) is 6.86. The van der Waals surface area contributed by atoms with Crippen LogP contribution in [0.5, 0.6) is 5.75 Å². The SMILES string of the molecule is O=C1OC(/C=C/c2ccccc2)=NC/1=C/c1cc(Br)ccc1O. The van der Waals surface area contributed by atoms with Crippen molar-refractivity contribution in [2.45, 2.75) is 0 Å². The number of nitrogens with zero attached hydrogens (tertiary/aromatic N) is 1. The minimum atomic E-state index is -0.544. The van der Waals surface area contributed by atoms with Gasteiger partial charge in [-0.05, 0) is 35.9 Å². The molecule has 0 bridgehead atoms. The molecule has 5 heteroatoms. The highest BCUT2D eigenvalue weighted by atomic mass is 79.9. The van der Waals surface area contributed by atoms with E-state index in [9.17, 15) is 9.90 Å². The zero-order valence-electron chi connectivity index (χ0n) is 11.9. The van der Waals surface area contributed by atoms with Crippen LogP contribution < -0.4 is 0 Å². The molecule has 1 aliphatic rings. The topological polar surface area (TPSA) is 58.9 Å². The summed E-state index contributed by atoms with van der Waals surface area (Å²) in [4.78, 5) is 16.0. The fraction of sp³-hybridized carbons (Fsp3) is 0. The third-order valence-electron chi connectivity index (χ3n) is 3.14. The summed E-state index contributed by atoms with van der Waals surface area (Å²) in [5, 5.41) is 9.82. The third-order valence-corrected chi connectivity index (χ3v) is 3.63. The lowest BCUT2D eigenvalue weighted by atomic mass is 10.1. The average molecular weight is 370 g/mol. The van der Waals surface area contributed by atoms with Crippen LogP contribution >= 0.6 is 15.9 Å². The molecule has 1 N–H and O–H groups in total. The molecule has 114 valence electrons. The van der Waals surface area contributed by atoms with E-state index in [2.05, 4.69) is 20.9 Å². The van der Waals surface area contributed by atoms with Gasteiger partial charge in [0.2, 0.25) is 5.90 Å². The van der Waals surface area contributed by atoms with E-state index in [4.69, 9.17) is 4.74 Å². The van der Waals surface area contributed by atoms with Crippen LogP contribution in [-0.2, 0) is 9.53 Å². The molecule has 0 saturated carbocycles. The van der Waals surface area contributed by atoms with Crippen LogP contribution in [0.15, 0.2) is 69.8 Å². The Kier molecular flexibility index (Phi) is 4.39. The van der Waals surface area contributed by atoms with Crippen molar-refractivity contribution in [2.75, 3.05) is 0 Å².